The average molecular weight is 497 g/mol. The molecule has 0 radical (unpaired) electrons. The van der Waals surface area contributed by atoms with Gasteiger partial charge in [0.1, 0.15) is 0 Å². The highest BCUT2D eigenvalue weighted by molar-refractivity contribution is 7.86. The van der Waals surface area contributed by atoms with Crippen LogP contribution < -0.4 is 4.80 Å². The normalized spacial score (nSPS) is 16.4. The van der Waals surface area contributed by atoms with Gasteiger partial charge in [0.2, 0.25) is 4.80 Å². The molecular formula is C18H20ClF3N4O3S2. The third-order valence-corrected chi connectivity index (χ3v) is 6.55. The van der Waals surface area contributed by atoms with Gasteiger partial charge in [-0.05, 0) is 37.1 Å². The summed E-state index contributed by atoms with van der Waals surface area (Å²) in [4.78, 5) is 9.34. The summed E-state index contributed by atoms with van der Waals surface area (Å²) < 4.78 is 59.4. The molecule has 0 aliphatic heterocycles. The molecule has 0 bridgehead atoms. The van der Waals surface area contributed by atoms with E-state index >= 15 is 0 Å². The van der Waals surface area contributed by atoms with Gasteiger partial charge in [-0.25, -0.2) is 4.68 Å². The van der Waals surface area contributed by atoms with Crippen LogP contribution in [0, 0.1) is 0 Å². The Morgan fingerprint density at radius 1 is 1.26 bits per heavy atom. The van der Waals surface area contributed by atoms with E-state index in [0.29, 0.717) is 6.04 Å². The minimum absolute atomic E-state index is 0.463. The summed E-state index contributed by atoms with van der Waals surface area (Å²) in [6.07, 6.45) is 6.36. The van der Waals surface area contributed by atoms with E-state index in [4.69, 9.17) is 29.6 Å². The molecule has 1 saturated carbocycles. The van der Waals surface area contributed by atoms with E-state index in [1.807, 2.05) is 29.9 Å². The van der Waals surface area contributed by atoms with Crippen LogP contribution in [-0.2, 0) is 17.2 Å². The molecule has 1 aliphatic rings. The lowest BCUT2D eigenvalue weighted by molar-refractivity contribution is -0.0510. The van der Waals surface area contributed by atoms with Crippen molar-refractivity contribution in [3.05, 3.63) is 34.1 Å². The number of aromatic nitrogens is 3. The predicted molar refractivity (Wildman–Crippen MR) is 113 cm³/mol. The minimum Gasteiger partial charge on any atom is -0.353 e. The van der Waals surface area contributed by atoms with E-state index in [1.54, 1.807) is 11.3 Å². The molecule has 3 aromatic rings. The number of benzene rings is 1. The van der Waals surface area contributed by atoms with Gasteiger partial charge in [0.05, 0.1) is 11.7 Å². The number of H-pyrrole nitrogens is 1. The van der Waals surface area contributed by atoms with Crippen molar-refractivity contribution in [1.82, 2.24) is 14.8 Å². The Morgan fingerprint density at radius 3 is 2.52 bits per heavy atom. The number of rotatable bonds is 2. The number of hydrogen-bond acceptors (Lipinski definition) is 5. The first kappa shape index (κ1) is 23.8. The van der Waals surface area contributed by atoms with E-state index in [-0.39, 0.29) is 0 Å². The van der Waals surface area contributed by atoms with Gasteiger partial charge in [0.15, 0.2) is 5.01 Å². The number of aryl methyl sites for hydroxylation is 1. The first-order valence-corrected chi connectivity index (χ1v) is 12.0. The smallest absolute Gasteiger partial charge is 0.353 e. The van der Waals surface area contributed by atoms with E-state index < -0.39 is 15.6 Å². The number of alkyl halides is 3. The lowest BCUT2D eigenvalue weighted by Gasteiger charge is -2.16. The average Bonchev–Trinajstić information content (AvgIpc) is 3.25. The van der Waals surface area contributed by atoms with Crippen molar-refractivity contribution in [3.8, 4) is 10.7 Å². The van der Waals surface area contributed by atoms with Crippen molar-refractivity contribution < 1.29 is 26.1 Å². The van der Waals surface area contributed by atoms with Crippen LogP contribution in [-0.4, -0.2) is 39.3 Å². The van der Waals surface area contributed by atoms with Crippen LogP contribution in [0.15, 0.2) is 29.3 Å². The molecular weight excluding hydrogens is 477 g/mol. The highest BCUT2D eigenvalue weighted by atomic mass is 35.5. The fourth-order valence-electron chi connectivity index (χ4n) is 3.16. The molecule has 4 rings (SSSR count). The zero-order valence-electron chi connectivity index (χ0n) is 16.4. The van der Waals surface area contributed by atoms with Crippen molar-refractivity contribution in [2.45, 2.75) is 43.7 Å². The number of aromatic amines is 1. The zero-order chi connectivity index (χ0) is 22.8. The largest absolute Gasteiger partial charge is 0.522 e. The molecule has 13 heteroatoms. The van der Waals surface area contributed by atoms with Crippen molar-refractivity contribution in [2.24, 2.45) is 12.0 Å². The third kappa shape index (κ3) is 6.09. The molecule has 1 aromatic carbocycles. The second-order valence-electron chi connectivity index (χ2n) is 7.07. The molecule has 31 heavy (non-hydrogen) atoms. The maximum atomic E-state index is 10.7. The fraction of sp³-hybridized carbons (Fsp3) is 0.444. The van der Waals surface area contributed by atoms with Crippen LogP contribution in [0.3, 0.4) is 0 Å². The molecule has 1 fully saturated rings. The summed E-state index contributed by atoms with van der Waals surface area (Å²) in [7, 11) is -3.87. The third-order valence-electron chi connectivity index (χ3n) is 4.68. The number of fused-ring (bicyclic) bond motifs is 1. The van der Waals surface area contributed by atoms with Crippen molar-refractivity contribution in [2.75, 3.05) is 0 Å². The summed E-state index contributed by atoms with van der Waals surface area (Å²) in [5.41, 5.74) is -3.44. The van der Waals surface area contributed by atoms with Crippen LogP contribution in [0.2, 0.25) is 5.02 Å². The maximum absolute atomic E-state index is 10.7. The summed E-state index contributed by atoms with van der Waals surface area (Å²) in [5, 5.41) is 7.47. The van der Waals surface area contributed by atoms with Gasteiger partial charge in [-0.3, -0.25) is 9.55 Å². The molecule has 0 atom stereocenters. The Hall–Kier alpha value is -1.89. The standard InChI is InChI=1S/C17H19ClN4S.CHF3O3S/c1-22-17(19-13-5-3-2-4-6-13)23-16(21-22)15-10-11-9-12(18)7-8-14(11)20-15;2-1(3,4)8(5,6)7/h7-10,13,20H,2-6H2,1H3;(H,5,6,7). The van der Waals surface area contributed by atoms with Gasteiger partial charge < -0.3 is 4.98 Å². The van der Waals surface area contributed by atoms with Crippen LogP contribution in [0.5, 0.6) is 0 Å². The lowest BCUT2D eigenvalue weighted by Crippen LogP contribution is -2.21. The van der Waals surface area contributed by atoms with Crippen molar-refractivity contribution >= 4 is 44.0 Å². The molecule has 0 amide bonds. The molecule has 7 nitrogen and oxygen atoms in total. The highest BCUT2D eigenvalue weighted by Crippen LogP contribution is 2.26. The number of halogens is 4. The number of nitrogens with one attached hydrogen (secondary N) is 1. The molecule has 0 saturated heterocycles. The van der Waals surface area contributed by atoms with E-state index in [0.717, 1.165) is 31.4 Å². The Balaban J connectivity index is 0.000000293. The second-order valence-corrected chi connectivity index (χ2v) is 9.88. The quantitative estimate of drug-likeness (QED) is 0.389. The Morgan fingerprint density at radius 2 is 1.90 bits per heavy atom. The fourth-order valence-corrected chi connectivity index (χ4v) is 4.27. The van der Waals surface area contributed by atoms with E-state index in [2.05, 4.69) is 16.1 Å². The predicted octanol–water partition coefficient (Wildman–Crippen LogP) is 4.91. The maximum Gasteiger partial charge on any atom is 0.522 e. The van der Waals surface area contributed by atoms with Crippen LogP contribution in [0.4, 0.5) is 13.2 Å². The SMILES string of the molecule is Cn1nc(-c2cc3cc(Cl)ccc3[nH]2)sc1=NC1CCCCC1.O=S(=O)(O)C(F)(F)F. The van der Waals surface area contributed by atoms with Crippen molar-refractivity contribution in [1.29, 1.82) is 0 Å². The highest BCUT2D eigenvalue weighted by Gasteiger charge is 2.44. The van der Waals surface area contributed by atoms with Crippen LogP contribution >= 0.6 is 22.9 Å². The summed E-state index contributed by atoms with van der Waals surface area (Å²) >= 11 is 7.71. The van der Waals surface area contributed by atoms with Crippen molar-refractivity contribution in [3.63, 3.8) is 0 Å². The summed E-state index contributed by atoms with van der Waals surface area (Å²) in [6.45, 7) is 0. The number of nitrogens with zero attached hydrogens (tertiary/aromatic N) is 3. The Kier molecular flexibility index (Phi) is 7.14. The monoisotopic (exact) mass is 496 g/mol. The zero-order valence-corrected chi connectivity index (χ0v) is 18.7. The molecule has 2 aromatic heterocycles. The first-order valence-electron chi connectivity index (χ1n) is 9.34. The van der Waals surface area contributed by atoms with Gasteiger partial charge >= 0.3 is 15.6 Å². The Bertz CT molecular complexity index is 1230. The first-order chi connectivity index (χ1) is 14.4. The van der Waals surface area contributed by atoms with Crippen LogP contribution in [0.25, 0.3) is 21.6 Å². The van der Waals surface area contributed by atoms with Crippen LogP contribution in [0.1, 0.15) is 32.1 Å². The summed E-state index contributed by atoms with van der Waals surface area (Å²) in [5.74, 6) is 0. The minimum atomic E-state index is -5.84. The van der Waals surface area contributed by atoms with Gasteiger partial charge in [-0.15, -0.1) is 0 Å². The molecule has 0 unspecified atom stereocenters. The molecule has 1 aliphatic carbocycles. The van der Waals surface area contributed by atoms with Gasteiger partial charge in [0.25, 0.3) is 0 Å². The van der Waals surface area contributed by atoms with Gasteiger partial charge in [-0.2, -0.15) is 26.7 Å². The molecule has 170 valence electrons. The van der Waals surface area contributed by atoms with Gasteiger partial charge in [0, 0.05) is 23.0 Å². The topological polar surface area (TPSA) is 100 Å². The lowest BCUT2D eigenvalue weighted by atomic mass is 9.96. The van der Waals surface area contributed by atoms with Gasteiger partial charge in [-0.1, -0.05) is 42.2 Å². The summed E-state index contributed by atoms with van der Waals surface area (Å²) in [6, 6.07) is 8.44. The van der Waals surface area contributed by atoms with E-state index in [9.17, 15) is 13.2 Å². The van der Waals surface area contributed by atoms with E-state index in [1.165, 1.54) is 32.1 Å². The molecule has 0 spiro atoms. The molecule has 2 N–H and O–H groups in total. The number of hydrogen-bond donors (Lipinski definition) is 2. The second kappa shape index (κ2) is 9.31. The molecule has 2 heterocycles. The Labute approximate surface area is 185 Å².